The van der Waals surface area contributed by atoms with Gasteiger partial charge in [-0.15, -0.1) is 5.10 Å². The third-order valence-corrected chi connectivity index (χ3v) is 4.58. The lowest BCUT2D eigenvalue weighted by molar-refractivity contribution is -0.136. The Bertz CT molecular complexity index is 1250. The van der Waals surface area contributed by atoms with Gasteiger partial charge in [-0.2, -0.15) is 18.3 Å². The molecule has 1 N–H and O–H groups in total. The first-order valence-corrected chi connectivity index (χ1v) is 9.36. The van der Waals surface area contributed by atoms with E-state index in [1.807, 2.05) is 30.3 Å². The van der Waals surface area contributed by atoms with Gasteiger partial charge in [-0.1, -0.05) is 30.3 Å². The summed E-state index contributed by atoms with van der Waals surface area (Å²) in [5.74, 6) is -0.437. The van der Waals surface area contributed by atoms with E-state index in [-0.39, 0.29) is 34.9 Å². The van der Waals surface area contributed by atoms with Crippen LogP contribution in [0.15, 0.2) is 42.7 Å². The Labute approximate surface area is 174 Å². The van der Waals surface area contributed by atoms with Crippen LogP contribution >= 0.6 is 0 Å². The minimum Gasteiger partial charge on any atom is -0.292 e. The van der Waals surface area contributed by atoms with Crippen LogP contribution in [0.4, 0.5) is 19.1 Å². The quantitative estimate of drug-likeness (QED) is 0.526. The second-order valence-electron chi connectivity index (χ2n) is 7.05. The van der Waals surface area contributed by atoms with Crippen LogP contribution < -0.4 is 5.32 Å². The monoisotopic (exact) mass is 429 g/mol. The highest BCUT2D eigenvalue weighted by molar-refractivity contribution is 5.90. The minimum atomic E-state index is -4.55. The molecule has 8 nitrogen and oxygen atoms in total. The second-order valence-corrected chi connectivity index (χ2v) is 7.05. The van der Waals surface area contributed by atoms with Gasteiger partial charge in [0.1, 0.15) is 12.9 Å². The van der Waals surface area contributed by atoms with E-state index < -0.39 is 17.6 Å². The SMILES string of the molecule is Cc1cc(C(F)(F)F)c2c(C)nn(CC(=O)Nc3ncn(Cc4ccccc4)n3)c2n1. The van der Waals surface area contributed by atoms with Crippen LogP contribution in [0.1, 0.15) is 22.5 Å². The normalized spacial score (nSPS) is 11.8. The van der Waals surface area contributed by atoms with Crippen LogP contribution in [0.2, 0.25) is 0 Å². The second kappa shape index (κ2) is 7.82. The molecule has 1 aromatic carbocycles. The number of carbonyl (C=O) groups excluding carboxylic acids is 1. The van der Waals surface area contributed by atoms with Crippen molar-refractivity contribution in [2.24, 2.45) is 0 Å². The number of nitrogens with one attached hydrogen (secondary N) is 1. The molecule has 0 unspecified atom stereocenters. The van der Waals surface area contributed by atoms with E-state index in [0.29, 0.717) is 6.54 Å². The summed E-state index contributed by atoms with van der Waals surface area (Å²) in [6, 6.07) is 10.6. The van der Waals surface area contributed by atoms with Gasteiger partial charge in [-0.3, -0.25) is 10.1 Å². The Morgan fingerprint density at radius 2 is 1.87 bits per heavy atom. The highest BCUT2D eigenvalue weighted by Crippen LogP contribution is 2.36. The zero-order chi connectivity index (χ0) is 22.2. The Hall–Kier alpha value is -3.76. The average Bonchev–Trinajstić information content (AvgIpc) is 3.25. The van der Waals surface area contributed by atoms with E-state index >= 15 is 0 Å². The van der Waals surface area contributed by atoms with Crippen molar-refractivity contribution in [3.8, 4) is 0 Å². The molecule has 4 rings (SSSR count). The molecule has 0 aliphatic rings. The molecule has 0 bridgehead atoms. The number of pyridine rings is 1. The standard InChI is InChI=1S/C20H18F3N7O/c1-12-8-15(20(21,22)23)17-13(2)27-30(18(17)25-12)10-16(31)26-19-24-11-29(28-19)9-14-6-4-3-5-7-14/h3-8,11H,9-10H2,1-2H3,(H,26,28,31). The van der Waals surface area contributed by atoms with Gasteiger partial charge in [0, 0.05) is 5.69 Å². The zero-order valence-electron chi connectivity index (χ0n) is 16.7. The number of halogens is 3. The van der Waals surface area contributed by atoms with Crippen LogP contribution in [0.25, 0.3) is 11.0 Å². The minimum absolute atomic E-state index is 0.00235. The summed E-state index contributed by atoms with van der Waals surface area (Å²) in [6.07, 6.45) is -3.07. The van der Waals surface area contributed by atoms with E-state index in [1.165, 1.54) is 20.2 Å². The molecule has 0 aliphatic heterocycles. The number of hydrogen-bond acceptors (Lipinski definition) is 5. The van der Waals surface area contributed by atoms with Gasteiger partial charge in [0.05, 0.1) is 23.2 Å². The fraction of sp³-hybridized carbons (Fsp3) is 0.250. The number of fused-ring (bicyclic) bond motifs is 1. The van der Waals surface area contributed by atoms with Crippen molar-refractivity contribution in [2.45, 2.75) is 33.1 Å². The van der Waals surface area contributed by atoms with Gasteiger partial charge in [0.25, 0.3) is 0 Å². The first-order chi connectivity index (χ1) is 14.7. The number of amides is 1. The van der Waals surface area contributed by atoms with Crippen molar-refractivity contribution in [3.05, 3.63) is 65.2 Å². The van der Waals surface area contributed by atoms with Crippen LogP contribution in [0.3, 0.4) is 0 Å². The lowest BCUT2D eigenvalue weighted by Crippen LogP contribution is -2.21. The number of aryl methyl sites for hydroxylation is 2. The number of nitrogens with zero attached hydrogens (tertiary/aromatic N) is 6. The van der Waals surface area contributed by atoms with Crippen LogP contribution in [0, 0.1) is 13.8 Å². The maximum atomic E-state index is 13.4. The Morgan fingerprint density at radius 1 is 1.13 bits per heavy atom. The van der Waals surface area contributed by atoms with E-state index in [2.05, 4.69) is 25.5 Å². The van der Waals surface area contributed by atoms with E-state index in [4.69, 9.17) is 0 Å². The molecule has 0 saturated heterocycles. The van der Waals surface area contributed by atoms with Gasteiger partial charge in [0.2, 0.25) is 11.9 Å². The molecule has 160 valence electrons. The summed E-state index contributed by atoms with van der Waals surface area (Å²) in [6.45, 7) is 3.07. The number of aromatic nitrogens is 6. The molecule has 3 aromatic heterocycles. The molecule has 1 amide bonds. The summed E-state index contributed by atoms with van der Waals surface area (Å²) in [5.41, 5.74) is 0.532. The Morgan fingerprint density at radius 3 is 2.58 bits per heavy atom. The fourth-order valence-electron chi connectivity index (χ4n) is 3.31. The highest BCUT2D eigenvalue weighted by atomic mass is 19.4. The van der Waals surface area contributed by atoms with Gasteiger partial charge in [0.15, 0.2) is 5.65 Å². The number of benzene rings is 1. The molecule has 4 aromatic rings. The molecular weight excluding hydrogens is 411 g/mol. The third-order valence-electron chi connectivity index (χ3n) is 4.58. The summed E-state index contributed by atoms with van der Waals surface area (Å²) < 4.78 is 43.0. The van der Waals surface area contributed by atoms with Gasteiger partial charge in [-0.05, 0) is 25.5 Å². The molecule has 0 spiro atoms. The van der Waals surface area contributed by atoms with Crippen molar-refractivity contribution in [2.75, 3.05) is 5.32 Å². The maximum absolute atomic E-state index is 13.4. The van der Waals surface area contributed by atoms with E-state index in [0.717, 1.165) is 16.3 Å². The van der Waals surface area contributed by atoms with Crippen molar-refractivity contribution < 1.29 is 18.0 Å². The van der Waals surface area contributed by atoms with Gasteiger partial charge in [-0.25, -0.2) is 19.3 Å². The molecule has 11 heteroatoms. The average molecular weight is 429 g/mol. The van der Waals surface area contributed by atoms with Gasteiger partial charge < -0.3 is 0 Å². The molecule has 0 saturated carbocycles. The Kier molecular flexibility index (Phi) is 5.17. The summed E-state index contributed by atoms with van der Waals surface area (Å²) in [7, 11) is 0. The molecular formula is C20H18F3N7O. The first kappa shape index (κ1) is 20.5. The molecule has 0 radical (unpaired) electrons. The predicted molar refractivity (Wildman–Crippen MR) is 106 cm³/mol. The fourth-order valence-corrected chi connectivity index (χ4v) is 3.31. The van der Waals surface area contributed by atoms with Crippen molar-refractivity contribution in [3.63, 3.8) is 0 Å². The van der Waals surface area contributed by atoms with Crippen molar-refractivity contribution in [1.82, 2.24) is 29.5 Å². The Balaban J connectivity index is 1.52. The number of rotatable bonds is 5. The molecule has 0 fully saturated rings. The third kappa shape index (κ3) is 4.39. The molecule has 0 atom stereocenters. The van der Waals surface area contributed by atoms with Crippen LogP contribution in [-0.2, 0) is 24.1 Å². The van der Waals surface area contributed by atoms with Gasteiger partial charge >= 0.3 is 6.18 Å². The number of alkyl halides is 3. The smallest absolute Gasteiger partial charge is 0.292 e. The number of carbonyl (C=O) groups is 1. The summed E-state index contributed by atoms with van der Waals surface area (Å²) in [4.78, 5) is 20.7. The molecule has 31 heavy (non-hydrogen) atoms. The molecule has 0 aliphatic carbocycles. The van der Waals surface area contributed by atoms with Crippen LogP contribution in [-0.4, -0.2) is 35.4 Å². The van der Waals surface area contributed by atoms with E-state index in [1.54, 1.807) is 4.68 Å². The predicted octanol–water partition coefficient (Wildman–Crippen LogP) is 3.35. The van der Waals surface area contributed by atoms with E-state index in [9.17, 15) is 18.0 Å². The zero-order valence-corrected chi connectivity index (χ0v) is 16.7. The maximum Gasteiger partial charge on any atom is 0.417 e. The highest BCUT2D eigenvalue weighted by Gasteiger charge is 2.35. The largest absolute Gasteiger partial charge is 0.417 e. The molecule has 3 heterocycles. The topological polar surface area (TPSA) is 90.5 Å². The first-order valence-electron chi connectivity index (χ1n) is 9.36. The summed E-state index contributed by atoms with van der Waals surface area (Å²) in [5, 5.41) is 10.7. The van der Waals surface area contributed by atoms with Crippen molar-refractivity contribution >= 4 is 22.9 Å². The summed E-state index contributed by atoms with van der Waals surface area (Å²) >= 11 is 0. The van der Waals surface area contributed by atoms with Crippen molar-refractivity contribution in [1.29, 1.82) is 0 Å². The number of anilines is 1. The number of hydrogen-bond donors (Lipinski definition) is 1. The lowest BCUT2D eigenvalue weighted by atomic mass is 10.1. The lowest BCUT2D eigenvalue weighted by Gasteiger charge is -2.10. The van der Waals surface area contributed by atoms with Crippen LogP contribution in [0.5, 0.6) is 0 Å².